The summed E-state index contributed by atoms with van der Waals surface area (Å²) in [5.41, 5.74) is 15.4. The number of nitrogens with one attached hydrogen (secondary N) is 1. The summed E-state index contributed by atoms with van der Waals surface area (Å²) in [4.78, 5) is 32.6. The van der Waals surface area contributed by atoms with Crippen molar-refractivity contribution in [1.29, 1.82) is 0 Å². The van der Waals surface area contributed by atoms with Crippen LogP contribution in [0.5, 0.6) is 0 Å². The van der Waals surface area contributed by atoms with Crippen LogP contribution < -0.4 is 16.8 Å². The molecule has 61 heavy (non-hydrogen) atoms. The lowest BCUT2D eigenvalue weighted by atomic mass is 10.1. The Labute approximate surface area is 357 Å². The van der Waals surface area contributed by atoms with Crippen molar-refractivity contribution in [1.82, 2.24) is 30.0 Å². The Kier molecular flexibility index (Phi) is 31.0. The number of oxazole rings is 1. The maximum Gasteiger partial charge on any atom is 0.292 e. The van der Waals surface area contributed by atoms with Crippen LogP contribution in [-0.4, -0.2) is 170 Å². The van der Waals surface area contributed by atoms with Crippen molar-refractivity contribution in [2.24, 2.45) is 0 Å². The third-order valence-electron chi connectivity index (χ3n) is 7.89. The van der Waals surface area contributed by atoms with Gasteiger partial charge in [0.05, 0.1) is 111 Å². The van der Waals surface area contributed by atoms with Gasteiger partial charge in [0.1, 0.15) is 42.5 Å². The highest BCUT2D eigenvalue weighted by Gasteiger charge is 2.18. The summed E-state index contributed by atoms with van der Waals surface area (Å²) in [6.45, 7) is 10.5. The summed E-state index contributed by atoms with van der Waals surface area (Å²) in [5.74, 6) is 2.78. The van der Waals surface area contributed by atoms with Gasteiger partial charge >= 0.3 is 0 Å². The molecule has 0 saturated heterocycles. The van der Waals surface area contributed by atoms with Gasteiger partial charge in [-0.1, -0.05) is 5.92 Å². The van der Waals surface area contributed by atoms with E-state index in [1.54, 1.807) is 7.11 Å². The van der Waals surface area contributed by atoms with Crippen molar-refractivity contribution in [3.05, 3.63) is 24.5 Å². The number of rotatable bonds is 34. The van der Waals surface area contributed by atoms with Crippen molar-refractivity contribution in [3.63, 3.8) is 0 Å². The summed E-state index contributed by atoms with van der Waals surface area (Å²) in [6.07, 6.45) is 11.0. The van der Waals surface area contributed by atoms with E-state index in [1.165, 1.54) is 6.33 Å². The van der Waals surface area contributed by atoms with Gasteiger partial charge in [-0.2, -0.15) is 10.1 Å². The molecule has 1 aromatic carbocycles. The molecule has 3 heterocycles. The molecule has 0 aliphatic heterocycles. The minimum Gasteiger partial charge on any atom is -0.424 e. The average Bonchev–Trinajstić information content (AvgIpc) is 3.84. The third-order valence-corrected chi connectivity index (χ3v) is 7.89. The fourth-order valence-electron chi connectivity index (χ4n) is 5.00. The molecule has 0 fully saturated rings. The Morgan fingerprint density at radius 2 is 1.30 bits per heavy atom. The fourth-order valence-corrected chi connectivity index (χ4v) is 5.00. The van der Waals surface area contributed by atoms with Gasteiger partial charge in [0, 0.05) is 32.1 Å². The number of unbranched alkanes of at least 4 members (excludes halogenated alkanes) is 1. The van der Waals surface area contributed by atoms with Crippen LogP contribution in [0, 0.1) is 12.3 Å². The highest BCUT2D eigenvalue weighted by Crippen LogP contribution is 2.32. The van der Waals surface area contributed by atoms with E-state index in [1.807, 2.05) is 29.9 Å². The average molecular weight is 861 g/mol. The molecule has 0 spiro atoms. The van der Waals surface area contributed by atoms with E-state index < -0.39 is 0 Å². The van der Waals surface area contributed by atoms with Gasteiger partial charge in [-0.3, -0.25) is 0 Å². The van der Waals surface area contributed by atoms with Gasteiger partial charge in [0.25, 0.3) is 6.01 Å². The first kappa shape index (κ1) is 52.5. The van der Waals surface area contributed by atoms with Crippen LogP contribution in [0.4, 0.5) is 11.8 Å². The summed E-state index contributed by atoms with van der Waals surface area (Å²) in [5, 5.41) is 8.65. The molecule has 0 amide bonds. The summed E-state index contributed by atoms with van der Waals surface area (Å²) >= 11 is 0. The molecular weight excluding hydrogens is 796 g/mol. The minimum absolute atomic E-state index is 0.139. The number of carbonyl (C=O) groups is 2. The van der Waals surface area contributed by atoms with Crippen LogP contribution in [0.3, 0.4) is 0 Å². The standard InChI is InChI=1S/C17H20N8O.C12H24O6.C12H20O5/c1-20-6-2-3-7-25-16-13(15(18)21-9-22-16)14(24-25)10-4-5-12-11(8-10)23-17(19)26-12;1-14-5-6-16-9-10-18-12-11-17-8-7-15-4-2-3-13;1-2-5-14-7-9-16-11-12-17-10-8-15-6-3-4-13/h4-5,8-9,20H,2-3,6-7H2,1H3,(H2,19,23)(H2,18,21,22);3H,2,4-12H2,1H3;1,4H,3,5-12H2. The number of carbonyl (C=O) groups excluding carboxylic acids is 2. The van der Waals surface area contributed by atoms with E-state index in [4.69, 9.17) is 70.0 Å². The minimum atomic E-state index is 0.139. The first-order valence-corrected chi connectivity index (χ1v) is 20.2. The van der Waals surface area contributed by atoms with Gasteiger partial charge in [-0.05, 0) is 44.6 Å². The summed E-state index contributed by atoms with van der Waals surface area (Å²) < 4.78 is 53.5. The number of anilines is 2. The lowest BCUT2D eigenvalue weighted by Gasteiger charge is -2.06. The van der Waals surface area contributed by atoms with E-state index in [-0.39, 0.29) is 6.01 Å². The molecule has 3 aromatic heterocycles. The van der Waals surface area contributed by atoms with Crippen molar-refractivity contribution in [3.8, 4) is 23.6 Å². The molecule has 4 aromatic rings. The van der Waals surface area contributed by atoms with Gasteiger partial charge in [-0.25, -0.2) is 14.6 Å². The largest absolute Gasteiger partial charge is 0.424 e. The Hall–Kier alpha value is -4.66. The molecule has 5 N–H and O–H groups in total. The third kappa shape index (κ3) is 23.8. The van der Waals surface area contributed by atoms with Crippen LogP contribution in [0.1, 0.15) is 25.7 Å². The number of aromatic nitrogens is 5. The second-order valence-electron chi connectivity index (χ2n) is 12.5. The zero-order chi connectivity index (χ0) is 44.0. The zero-order valence-corrected chi connectivity index (χ0v) is 35.6. The molecular formula is C41H64N8O12. The van der Waals surface area contributed by atoms with Crippen molar-refractivity contribution in [2.75, 3.05) is 144 Å². The van der Waals surface area contributed by atoms with Crippen LogP contribution in [-0.2, 0) is 58.8 Å². The molecule has 20 heteroatoms. The van der Waals surface area contributed by atoms with Gasteiger partial charge in [0.15, 0.2) is 11.2 Å². The van der Waals surface area contributed by atoms with Crippen LogP contribution in [0.2, 0.25) is 0 Å². The summed E-state index contributed by atoms with van der Waals surface area (Å²) in [7, 11) is 3.59. The Balaban J connectivity index is 0.000000328. The topological polar surface area (TPSA) is 251 Å². The van der Waals surface area contributed by atoms with Crippen LogP contribution >= 0.6 is 0 Å². The Morgan fingerprint density at radius 3 is 1.82 bits per heavy atom. The molecule has 0 saturated carbocycles. The van der Waals surface area contributed by atoms with E-state index >= 15 is 0 Å². The second kappa shape index (κ2) is 36.0. The van der Waals surface area contributed by atoms with E-state index in [0.29, 0.717) is 142 Å². The quantitative estimate of drug-likeness (QED) is 0.0346. The Bertz CT molecular complexity index is 1750. The number of hydrogen-bond donors (Lipinski definition) is 3. The maximum atomic E-state index is 9.98. The predicted molar refractivity (Wildman–Crippen MR) is 229 cm³/mol. The Morgan fingerprint density at radius 1 is 0.754 bits per heavy atom. The molecule has 4 rings (SSSR count). The number of aldehydes is 2. The molecule has 0 radical (unpaired) electrons. The normalized spacial score (nSPS) is 10.9. The molecule has 0 aliphatic carbocycles. The molecule has 0 atom stereocenters. The zero-order valence-electron chi connectivity index (χ0n) is 35.6. The fraction of sp³-hybridized carbons (Fsp3) is 0.610. The second-order valence-corrected chi connectivity index (χ2v) is 12.5. The van der Waals surface area contributed by atoms with Crippen molar-refractivity contribution in [2.45, 2.75) is 32.2 Å². The van der Waals surface area contributed by atoms with Crippen molar-refractivity contribution < 1.29 is 56.6 Å². The number of nitrogen functional groups attached to an aromatic ring is 2. The number of nitrogens with two attached hydrogens (primary N) is 2. The lowest BCUT2D eigenvalue weighted by Crippen LogP contribution is -2.13. The number of hydrogen-bond acceptors (Lipinski definition) is 19. The van der Waals surface area contributed by atoms with E-state index in [2.05, 4.69) is 26.2 Å². The SMILES string of the molecule is C#CCOCCOCCOCCOCCC=O.CNCCCCn1nc(-c2ccc3oc(N)nc3c2)c2c(N)ncnc21.COCCOCCOCCOCCOCCC=O. The van der Waals surface area contributed by atoms with Crippen molar-refractivity contribution >= 4 is 46.5 Å². The molecule has 20 nitrogen and oxygen atoms in total. The first-order chi connectivity index (χ1) is 30.0. The number of benzene rings is 1. The highest BCUT2D eigenvalue weighted by atomic mass is 16.6. The van der Waals surface area contributed by atoms with Crippen LogP contribution in [0.25, 0.3) is 33.4 Å². The van der Waals surface area contributed by atoms with Gasteiger partial charge in [0.2, 0.25) is 0 Å². The molecule has 0 aliphatic rings. The van der Waals surface area contributed by atoms with Crippen LogP contribution in [0.15, 0.2) is 28.9 Å². The molecule has 0 bridgehead atoms. The number of methoxy groups -OCH3 is 1. The maximum absolute atomic E-state index is 9.98. The highest BCUT2D eigenvalue weighted by molar-refractivity contribution is 5.99. The van der Waals surface area contributed by atoms with E-state index in [0.717, 1.165) is 60.8 Å². The molecule has 340 valence electrons. The number of aryl methyl sites for hydroxylation is 1. The van der Waals surface area contributed by atoms with Gasteiger partial charge in [-0.15, -0.1) is 6.42 Å². The monoisotopic (exact) mass is 860 g/mol. The number of ether oxygens (including phenoxy) is 9. The molecule has 0 unspecified atom stereocenters. The summed E-state index contributed by atoms with van der Waals surface area (Å²) in [6, 6.07) is 5.76. The predicted octanol–water partition coefficient (Wildman–Crippen LogP) is 2.36. The van der Waals surface area contributed by atoms with Gasteiger partial charge < -0.3 is 73.4 Å². The first-order valence-electron chi connectivity index (χ1n) is 20.2. The number of fused-ring (bicyclic) bond motifs is 2. The smallest absolute Gasteiger partial charge is 0.292 e. The lowest BCUT2D eigenvalue weighted by molar-refractivity contribution is -0.109. The number of nitrogens with zero attached hydrogens (tertiary/aromatic N) is 5. The number of terminal acetylenes is 1. The van der Waals surface area contributed by atoms with E-state index in [9.17, 15) is 9.59 Å².